The maximum atomic E-state index is 12.8. The van der Waals surface area contributed by atoms with E-state index in [1.165, 1.54) is 0 Å². The van der Waals surface area contributed by atoms with Crippen molar-refractivity contribution in [2.75, 3.05) is 19.7 Å². The third kappa shape index (κ3) is 5.32. The molecule has 27 heavy (non-hydrogen) atoms. The summed E-state index contributed by atoms with van der Waals surface area (Å²) in [5.74, 6) is 0.699. The van der Waals surface area contributed by atoms with Crippen LogP contribution in [0.5, 0.6) is 0 Å². The van der Waals surface area contributed by atoms with Gasteiger partial charge in [0.25, 0.3) is 5.91 Å². The molecular formula is C23H35NO3. The van der Waals surface area contributed by atoms with Gasteiger partial charge in [-0.3, -0.25) is 4.79 Å². The van der Waals surface area contributed by atoms with Gasteiger partial charge in [0.05, 0.1) is 18.8 Å². The largest absolute Gasteiger partial charge is 0.377 e. The van der Waals surface area contributed by atoms with E-state index in [2.05, 4.69) is 27.7 Å². The monoisotopic (exact) mass is 373 g/mol. The van der Waals surface area contributed by atoms with Crippen LogP contribution in [-0.2, 0) is 16.1 Å². The smallest absolute Gasteiger partial charge is 0.253 e. The zero-order valence-electron chi connectivity index (χ0n) is 17.4. The minimum Gasteiger partial charge on any atom is -0.377 e. The van der Waals surface area contributed by atoms with Gasteiger partial charge in [0.15, 0.2) is 0 Å². The molecule has 3 rings (SSSR count). The van der Waals surface area contributed by atoms with Crippen molar-refractivity contribution in [1.29, 1.82) is 0 Å². The van der Waals surface area contributed by atoms with E-state index in [0.29, 0.717) is 30.1 Å². The molecule has 1 aromatic rings. The van der Waals surface area contributed by atoms with Crippen LogP contribution in [0.1, 0.15) is 69.3 Å². The second kappa shape index (κ2) is 8.74. The first kappa shape index (κ1) is 20.3. The Balaban J connectivity index is 1.45. The van der Waals surface area contributed by atoms with Crippen LogP contribution in [0.25, 0.3) is 0 Å². The van der Waals surface area contributed by atoms with E-state index in [1.54, 1.807) is 0 Å². The number of likely N-dealkylation sites (tertiary alicyclic amines) is 1. The number of ether oxygens (including phenoxy) is 2. The summed E-state index contributed by atoms with van der Waals surface area (Å²) in [7, 11) is 0. The van der Waals surface area contributed by atoms with Crippen molar-refractivity contribution >= 4 is 5.91 Å². The third-order valence-corrected chi connectivity index (χ3v) is 5.82. The molecular weight excluding hydrogens is 338 g/mol. The molecule has 1 aliphatic heterocycles. The Morgan fingerprint density at radius 2 is 1.74 bits per heavy atom. The highest BCUT2D eigenvalue weighted by Gasteiger charge is 2.47. The number of nitrogens with zero attached hydrogens (tertiary/aromatic N) is 1. The lowest BCUT2D eigenvalue weighted by Crippen LogP contribution is -2.51. The molecule has 150 valence electrons. The predicted molar refractivity (Wildman–Crippen MR) is 108 cm³/mol. The minimum absolute atomic E-state index is 0.161. The summed E-state index contributed by atoms with van der Waals surface area (Å²) in [6.45, 7) is 11.6. The molecule has 1 saturated heterocycles. The van der Waals surface area contributed by atoms with Crippen LogP contribution in [0.2, 0.25) is 0 Å². The average molecular weight is 374 g/mol. The van der Waals surface area contributed by atoms with E-state index >= 15 is 0 Å². The Morgan fingerprint density at radius 3 is 2.30 bits per heavy atom. The molecule has 0 atom stereocenters. The van der Waals surface area contributed by atoms with Gasteiger partial charge in [-0.25, -0.2) is 0 Å². The van der Waals surface area contributed by atoms with Gasteiger partial charge in [-0.2, -0.15) is 0 Å². The number of hydrogen-bond acceptors (Lipinski definition) is 3. The Kier molecular flexibility index (Phi) is 6.59. The van der Waals surface area contributed by atoms with Crippen LogP contribution < -0.4 is 0 Å². The quantitative estimate of drug-likeness (QED) is 0.697. The number of carbonyl (C=O) groups excluding carboxylic acids is 1. The Labute approximate surface area is 164 Å². The molecule has 4 heteroatoms. The number of rotatable bonds is 7. The highest BCUT2D eigenvalue weighted by molar-refractivity contribution is 5.94. The van der Waals surface area contributed by atoms with E-state index in [0.717, 1.165) is 56.5 Å². The summed E-state index contributed by atoms with van der Waals surface area (Å²) >= 11 is 0. The SMILES string of the molecule is CC(C)COCc1ccc(C(=O)N2CCC3(CC2)CC(OC(C)C)C3)cc1. The van der Waals surface area contributed by atoms with Crippen molar-refractivity contribution in [3.63, 3.8) is 0 Å². The summed E-state index contributed by atoms with van der Waals surface area (Å²) in [5.41, 5.74) is 2.33. The summed E-state index contributed by atoms with van der Waals surface area (Å²) in [4.78, 5) is 14.8. The van der Waals surface area contributed by atoms with E-state index < -0.39 is 0 Å². The molecule has 1 spiro atoms. The lowest BCUT2D eigenvalue weighted by atomic mass is 9.61. The lowest BCUT2D eigenvalue weighted by molar-refractivity contribution is -0.121. The first-order valence-corrected chi connectivity index (χ1v) is 10.5. The van der Waals surface area contributed by atoms with Crippen molar-refractivity contribution in [3.8, 4) is 0 Å². The topological polar surface area (TPSA) is 38.8 Å². The molecule has 2 aliphatic rings. The highest BCUT2D eigenvalue weighted by atomic mass is 16.5. The van der Waals surface area contributed by atoms with Gasteiger partial charge >= 0.3 is 0 Å². The highest BCUT2D eigenvalue weighted by Crippen LogP contribution is 2.50. The minimum atomic E-state index is 0.161. The maximum absolute atomic E-state index is 12.8. The van der Waals surface area contributed by atoms with E-state index in [1.807, 2.05) is 29.2 Å². The first-order valence-electron chi connectivity index (χ1n) is 10.5. The summed E-state index contributed by atoms with van der Waals surface area (Å²) in [5, 5.41) is 0. The zero-order valence-corrected chi connectivity index (χ0v) is 17.4. The van der Waals surface area contributed by atoms with Gasteiger partial charge in [-0.15, -0.1) is 0 Å². The molecule has 1 amide bonds. The summed E-state index contributed by atoms with van der Waals surface area (Å²) in [6, 6.07) is 7.91. The first-order chi connectivity index (χ1) is 12.9. The third-order valence-electron chi connectivity index (χ3n) is 5.82. The molecule has 2 fully saturated rings. The number of piperidine rings is 1. The fraction of sp³-hybridized carbons (Fsp3) is 0.696. The Morgan fingerprint density at radius 1 is 1.11 bits per heavy atom. The molecule has 0 aromatic heterocycles. The van der Waals surface area contributed by atoms with Crippen LogP contribution in [0.15, 0.2) is 24.3 Å². The van der Waals surface area contributed by atoms with Gasteiger partial charge in [0.2, 0.25) is 0 Å². The lowest BCUT2D eigenvalue weighted by Gasteiger charge is -2.52. The van der Waals surface area contributed by atoms with Crippen LogP contribution in [0.3, 0.4) is 0 Å². The summed E-state index contributed by atoms with van der Waals surface area (Å²) in [6.07, 6.45) is 5.29. The molecule has 1 saturated carbocycles. The van der Waals surface area contributed by atoms with E-state index in [9.17, 15) is 4.79 Å². The molecule has 0 radical (unpaired) electrons. The second-order valence-electron chi connectivity index (χ2n) is 9.11. The second-order valence-corrected chi connectivity index (χ2v) is 9.11. The van der Waals surface area contributed by atoms with E-state index in [4.69, 9.17) is 9.47 Å². The van der Waals surface area contributed by atoms with Gasteiger partial charge in [0.1, 0.15) is 0 Å². The van der Waals surface area contributed by atoms with Crippen LogP contribution in [0.4, 0.5) is 0 Å². The normalized spacial score (nSPS) is 19.7. The van der Waals surface area contributed by atoms with Gasteiger partial charge in [0, 0.05) is 25.3 Å². The zero-order chi connectivity index (χ0) is 19.4. The van der Waals surface area contributed by atoms with Crippen molar-refractivity contribution < 1.29 is 14.3 Å². The molecule has 1 aromatic carbocycles. The molecule has 0 bridgehead atoms. The van der Waals surface area contributed by atoms with E-state index in [-0.39, 0.29) is 5.91 Å². The number of amides is 1. The fourth-order valence-electron chi connectivity index (χ4n) is 4.32. The van der Waals surface area contributed by atoms with Crippen LogP contribution in [0, 0.1) is 11.3 Å². The van der Waals surface area contributed by atoms with Gasteiger partial charge in [-0.1, -0.05) is 26.0 Å². The number of hydrogen-bond donors (Lipinski definition) is 0. The van der Waals surface area contributed by atoms with Crippen LogP contribution in [-0.4, -0.2) is 42.7 Å². The molecule has 0 unspecified atom stereocenters. The molecule has 0 N–H and O–H groups in total. The van der Waals surface area contributed by atoms with Crippen molar-refractivity contribution in [2.45, 2.75) is 72.2 Å². The Bertz CT molecular complexity index is 607. The van der Waals surface area contributed by atoms with Crippen molar-refractivity contribution in [3.05, 3.63) is 35.4 Å². The number of benzene rings is 1. The van der Waals surface area contributed by atoms with Gasteiger partial charge in [-0.05, 0) is 68.6 Å². The standard InChI is InChI=1S/C23H35NO3/c1-17(2)15-26-16-19-5-7-20(8-6-19)22(25)24-11-9-23(10-12-24)13-21(14-23)27-18(3)4/h5-8,17-18,21H,9-16H2,1-4H3. The maximum Gasteiger partial charge on any atom is 0.253 e. The van der Waals surface area contributed by atoms with Crippen LogP contribution >= 0.6 is 0 Å². The predicted octanol–water partition coefficient (Wildman–Crippen LogP) is 4.67. The molecule has 1 aliphatic carbocycles. The molecule has 1 heterocycles. The fourth-order valence-corrected chi connectivity index (χ4v) is 4.32. The average Bonchev–Trinajstić information content (AvgIpc) is 2.60. The number of carbonyl (C=O) groups is 1. The van der Waals surface area contributed by atoms with Crippen molar-refractivity contribution in [1.82, 2.24) is 4.90 Å². The summed E-state index contributed by atoms with van der Waals surface area (Å²) < 4.78 is 11.6. The van der Waals surface area contributed by atoms with Crippen molar-refractivity contribution in [2.24, 2.45) is 11.3 Å². The molecule has 4 nitrogen and oxygen atoms in total. The Hall–Kier alpha value is -1.39. The van der Waals surface area contributed by atoms with Gasteiger partial charge < -0.3 is 14.4 Å².